The number of carboxylic acid groups (broad SMARTS) is 1. The molecule has 2 aliphatic rings. The van der Waals surface area contributed by atoms with Crippen molar-refractivity contribution in [1.29, 1.82) is 0 Å². The lowest BCUT2D eigenvalue weighted by Crippen LogP contribution is -2.59. The molecule has 5 rings (SSSR count). The summed E-state index contributed by atoms with van der Waals surface area (Å²) in [6.45, 7) is 0.757. The van der Waals surface area contributed by atoms with Gasteiger partial charge in [0.15, 0.2) is 11.5 Å². The number of aryl methyl sites for hydroxylation is 1. The Kier molecular flexibility index (Phi) is 8.74. The van der Waals surface area contributed by atoms with Gasteiger partial charge in [0.05, 0.1) is 28.0 Å². The maximum atomic E-state index is 13.5. The summed E-state index contributed by atoms with van der Waals surface area (Å²) in [5.41, 5.74) is -2.62. The van der Waals surface area contributed by atoms with Crippen LogP contribution < -0.4 is 5.32 Å². The van der Waals surface area contributed by atoms with Crippen LogP contribution in [0.3, 0.4) is 0 Å². The minimum Gasteiger partial charge on any atom is -0.465 e. The van der Waals surface area contributed by atoms with Crippen molar-refractivity contribution in [1.82, 2.24) is 34.0 Å². The van der Waals surface area contributed by atoms with E-state index in [0.29, 0.717) is 0 Å². The molecule has 0 unspecified atom stereocenters. The van der Waals surface area contributed by atoms with Gasteiger partial charge >= 0.3 is 12.3 Å². The van der Waals surface area contributed by atoms with E-state index >= 15 is 0 Å². The van der Waals surface area contributed by atoms with Gasteiger partial charge in [0, 0.05) is 78.1 Å². The zero-order valence-corrected chi connectivity index (χ0v) is 25.5. The van der Waals surface area contributed by atoms with Crippen LogP contribution in [0.15, 0.2) is 30.6 Å². The Hall–Kier alpha value is -4.64. The van der Waals surface area contributed by atoms with Crippen LogP contribution in [0.2, 0.25) is 5.02 Å². The molecular weight excluding hydrogens is 637 g/mol. The fourth-order valence-electron chi connectivity index (χ4n) is 5.57. The van der Waals surface area contributed by atoms with Crippen LogP contribution in [0, 0.1) is 0 Å². The van der Waals surface area contributed by atoms with Crippen molar-refractivity contribution in [2.24, 2.45) is 14.1 Å². The number of benzene rings is 1. The number of piperidine rings is 1. The fraction of sp³-hybridized carbons (Fsp3) is 0.429. The number of anilines is 1. The number of likely N-dealkylation sites (tertiary alicyclic amines) is 1. The molecule has 4 heterocycles. The highest BCUT2D eigenvalue weighted by Gasteiger charge is 2.44. The molecule has 0 atom stereocenters. The van der Waals surface area contributed by atoms with Gasteiger partial charge in [0.25, 0.3) is 17.7 Å². The minimum absolute atomic E-state index is 0.0133. The monoisotopic (exact) mass is 666 g/mol. The molecule has 2 saturated heterocycles. The van der Waals surface area contributed by atoms with Gasteiger partial charge in [-0.15, -0.1) is 0 Å². The van der Waals surface area contributed by atoms with Gasteiger partial charge in [0.1, 0.15) is 5.60 Å². The van der Waals surface area contributed by atoms with Crippen molar-refractivity contribution in [2.75, 3.05) is 44.6 Å². The molecule has 3 N–H and O–H groups in total. The molecule has 0 bridgehead atoms. The predicted molar refractivity (Wildman–Crippen MR) is 156 cm³/mol. The highest BCUT2D eigenvalue weighted by Crippen LogP contribution is 2.36. The number of piperazine rings is 1. The third-order valence-electron chi connectivity index (χ3n) is 8.14. The maximum absolute atomic E-state index is 13.5. The molecule has 18 heteroatoms. The Balaban J connectivity index is 1.20. The summed E-state index contributed by atoms with van der Waals surface area (Å²) in [4.78, 5) is 58.5. The Morgan fingerprint density at radius 1 is 0.978 bits per heavy atom. The number of aromatic nitrogens is 4. The zero-order valence-electron chi connectivity index (χ0n) is 24.7. The summed E-state index contributed by atoms with van der Waals surface area (Å²) in [5, 5.41) is 26.1. The maximum Gasteiger partial charge on any atom is 0.435 e. The number of alkyl halides is 3. The lowest BCUT2D eigenvalue weighted by Gasteiger charge is -2.41. The second kappa shape index (κ2) is 12.3. The van der Waals surface area contributed by atoms with Gasteiger partial charge in [-0.3, -0.25) is 19.1 Å². The Labute approximate surface area is 264 Å². The van der Waals surface area contributed by atoms with Gasteiger partial charge in [-0.05, 0) is 18.2 Å². The standard InChI is InChI=1S/C28H30ClF3N8O6/c1-36-15-18(21(35-36)28(30,31)32)20-14-33-22(37(20)2)23(41)34-16-3-4-17(19(29)13-16)24(42)38-9-11-39(12-10-38)25(43)27(46)5-7-40(8-6-27)26(44)45/h3-4,13-15,46H,5-12H2,1-2H3,(H,34,41)(H,44,45). The molecule has 3 aromatic rings. The lowest BCUT2D eigenvalue weighted by molar-refractivity contribution is -0.157. The van der Waals surface area contributed by atoms with Crippen molar-refractivity contribution >= 4 is 41.1 Å². The van der Waals surface area contributed by atoms with Crippen LogP contribution in [-0.2, 0) is 25.1 Å². The summed E-state index contributed by atoms with van der Waals surface area (Å²) in [6.07, 6.45) is -3.52. The summed E-state index contributed by atoms with van der Waals surface area (Å²) >= 11 is 6.41. The van der Waals surface area contributed by atoms with Crippen LogP contribution in [0.5, 0.6) is 0 Å². The minimum atomic E-state index is -4.71. The molecule has 1 aromatic carbocycles. The largest absolute Gasteiger partial charge is 0.465 e. The molecule has 2 fully saturated rings. The van der Waals surface area contributed by atoms with E-state index in [4.69, 9.17) is 16.7 Å². The van der Waals surface area contributed by atoms with Gasteiger partial charge in [-0.25, -0.2) is 9.78 Å². The number of imidazole rings is 1. The number of carbonyl (C=O) groups excluding carboxylic acids is 3. The summed E-state index contributed by atoms with van der Waals surface area (Å²) in [6, 6.07) is 4.23. The Bertz CT molecular complexity index is 1690. The van der Waals surface area contributed by atoms with E-state index in [0.717, 1.165) is 15.8 Å². The van der Waals surface area contributed by atoms with E-state index in [1.54, 1.807) is 0 Å². The molecule has 2 aliphatic heterocycles. The van der Waals surface area contributed by atoms with E-state index < -0.39 is 41.3 Å². The number of rotatable bonds is 5. The van der Waals surface area contributed by atoms with Crippen LogP contribution in [0.4, 0.5) is 23.7 Å². The molecule has 246 valence electrons. The second-order valence-corrected chi connectivity index (χ2v) is 11.5. The fourth-order valence-corrected chi connectivity index (χ4v) is 5.83. The van der Waals surface area contributed by atoms with Gasteiger partial charge < -0.3 is 34.8 Å². The highest BCUT2D eigenvalue weighted by molar-refractivity contribution is 6.34. The van der Waals surface area contributed by atoms with Crippen molar-refractivity contribution in [3.8, 4) is 11.3 Å². The number of nitrogens with one attached hydrogen (secondary N) is 1. The predicted octanol–water partition coefficient (Wildman–Crippen LogP) is 2.53. The van der Waals surface area contributed by atoms with Crippen LogP contribution in [0.1, 0.15) is 39.5 Å². The van der Waals surface area contributed by atoms with Crippen molar-refractivity contribution in [3.05, 3.63) is 52.7 Å². The Morgan fingerprint density at radius 2 is 1.61 bits per heavy atom. The summed E-state index contributed by atoms with van der Waals surface area (Å²) < 4.78 is 42.7. The topological polar surface area (TPSA) is 166 Å². The first-order valence-electron chi connectivity index (χ1n) is 14.1. The zero-order chi connectivity index (χ0) is 33.6. The van der Waals surface area contributed by atoms with Gasteiger partial charge in [-0.1, -0.05) is 11.6 Å². The first-order chi connectivity index (χ1) is 21.6. The summed E-state index contributed by atoms with van der Waals surface area (Å²) in [5.74, 6) is -1.80. The third-order valence-corrected chi connectivity index (χ3v) is 8.45. The number of carbonyl (C=O) groups is 4. The van der Waals surface area contributed by atoms with E-state index in [2.05, 4.69) is 15.4 Å². The molecule has 0 saturated carbocycles. The molecule has 14 nitrogen and oxygen atoms in total. The van der Waals surface area contributed by atoms with Crippen LogP contribution in [0.25, 0.3) is 11.3 Å². The number of halogens is 4. The SMILES string of the molecule is Cn1cc(-c2cnc(C(=O)Nc3ccc(C(=O)N4CCN(C(=O)C5(O)CCN(C(=O)O)CC5)CC4)c(Cl)c3)n2C)c(C(F)(F)F)n1. The molecule has 0 aliphatic carbocycles. The third kappa shape index (κ3) is 6.37. The van der Waals surface area contributed by atoms with E-state index in [-0.39, 0.29) is 85.5 Å². The molecular formula is C28H30ClF3N8O6. The van der Waals surface area contributed by atoms with E-state index in [1.165, 1.54) is 52.9 Å². The average Bonchev–Trinajstić information content (AvgIpc) is 3.59. The number of aliphatic hydroxyl groups is 1. The van der Waals surface area contributed by atoms with Gasteiger partial charge in [-0.2, -0.15) is 18.3 Å². The first kappa shape index (κ1) is 32.7. The quantitative estimate of drug-likeness (QED) is 0.374. The first-order valence-corrected chi connectivity index (χ1v) is 14.5. The van der Waals surface area contributed by atoms with Crippen molar-refractivity contribution in [3.63, 3.8) is 0 Å². The molecule has 4 amide bonds. The normalized spacial score (nSPS) is 16.8. The van der Waals surface area contributed by atoms with Crippen LogP contribution in [-0.4, -0.2) is 113 Å². The van der Waals surface area contributed by atoms with Crippen molar-refractivity contribution < 1.29 is 42.6 Å². The van der Waals surface area contributed by atoms with Crippen molar-refractivity contribution in [2.45, 2.75) is 24.6 Å². The molecule has 46 heavy (non-hydrogen) atoms. The van der Waals surface area contributed by atoms with E-state index in [1.807, 2.05) is 0 Å². The summed E-state index contributed by atoms with van der Waals surface area (Å²) in [7, 11) is 2.75. The number of hydrogen-bond donors (Lipinski definition) is 3. The lowest BCUT2D eigenvalue weighted by atomic mass is 9.89. The van der Waals surface area contributed by atoms with E-state index in [9.17, 15) is 37.5 Å². The van der Waals surface area contributed by atoms with Gasteiger partial charge in [0.2, 0.25) is 0 Å². The Morgan fingerprint density at radius 3 is 2.20 bits per heavy atom. The average molecular weight is 667 g/mol. The molecule has 0 spiro atoms. The number of nitrogens with zero attached hydrogens (tertiary/aromatic N) is 7. The highest BCUT2D eigenvalue weighted by atomic mass is 35.5. The number of hydrogen-bond acceptors (Lipinski definition) is 7. The smallest absolute Gasteiger partial charge is 0.435 e. The number of amides is 4. The second-order valence-electron chi connectivity index (χ2n) is 11.1. The molecule has 0 radical (unpaired) electrons. The van der Waals surface area contributed by atoms with Crippen LogP contribution >= 0.6 is 11.6 Å². The molecule has 2 aromatic heterocycles.